The number of allylic oxidation sites excluding steroid dienone is 2. The molecule has 5 rings (SSSR count). The van der Waals surface area contributed by atoms with E-state index < -0.39 is 0 Å². The second kappa shape index (κ2) is 11.8. The van der Waals surface area contributed by atoms with E-state index in [1.54, 1.807) is 0 Å². The Labute approximate surface area is 215 Å². The molecule has 1 amide bonds. The fraction of sp³-hybridized carbons (Fsp3) is 0.586. The molecular formula is C29H39N5O2. The van der Waals surface area contributed by atoms with Gasteiger partial charge in [0.15, 0.2) is 0 Å². The van der Waals surface area contributed by atoms with E-state index in [1.165, 1.54) is 17.6 Å². The van der Waals surface area contributed by atoms with Crippen LogP contribution < -0.4 is 9.64 Å². The second-order valence-electron chi connectivity index (χ2n) is 10.5. The highest BCUT2D eigenvalue weighted by Gasteiger charge is 2.27. The summed E-state index contributed by atoms with van der Waals surface area (Å²) in [6.45, 7) is 6.62. The smallest absolute Gasteiger partial charge is 0.226 e. The summed E-state index contributed by atoms with van der Waals surface area (Å²) in [7, 11) is 0. The molecule has 7 nitrogen and oxygen atoms in total. The zero-order valence-electron chi connectivity index (χ0n) is 21.6. The third-order valence-corrected chi connectivity index (χ3v) is 8.00. The Morgan fingerprint density at radius 2 is 1.75 bits per heavy atom. The van der Waals surface area contributed by atoms with Crippen LogP contribution in [-0.4, -0.2) is 58.5 Å². The summed E-state index contributed by atoms with van der Waals surface area (Å²) in [6.07, 6.45) is 17.4. The molecule has 0 radical (unpaired) electrons. The molecular weight excluding hydrogens is 450 g/mol. The lowest BCUT2D eigenvalue weighted by atomic mass is 9.86. The molecule has 2 aromatic rings. The Bertz CT molecular complexity index is 1020. The number of amides is 1. The Morgan fingerprint density at radius 3 is 2.39 bits per heavy atom. The minimum absolute atomic E-state index is 0.149. The zero-order chi connectivity index (χ0) is 24.7. The number of rotatable bonds is 7. The van der Waals surface area contributed by atoms with Gasteiger partial charge in [0.1, 0.15) is 0 Å². The van der Waals surface area contributed by atoms with E-state index in [-0.39, 0.29) is 5.92 Å². The summed E-state index contributed by atoms with van der Waals surface area (Å²) in [6, 6.07) is 4.10. The van der Waals surface area contributed by atoms with Gasteiger partial charge in [0.05, 0.1) is 6.61 Å². The maximum Gasteiger partial charge on any atom is 0.226 e. The van der Waals surface area contributed by atoms with E-state index in [0.717, 1.165) is 89.1 Å². The predicted molar refractivity (Wildman–Crippen MR) is 142 cm³/mol. The number of anilines is 1. The van der Waals surface area contributed by atoms with Gasteiger partial charge in [-0.15, -0.1) is 0 Å². The monoisotopic (exact) mass is 489 g/mol. The molecule has 2 aromatic heterocycles. The Hall–Kier alpha value is -2.96. The molecule has 3 aliphatic rings. The highest BCUT2D eigenvalue weighted by Crippen LogP contribution is 2.32. The van der Waals surface area contributed by atoms with Gasteiger partial charge in [-0.3, -0.25) is 4.79 Å². The number of ether oxygens (including phenoxy) is 1. The van der Waals surface area contributed by atoms with Crippen LogP contribution in [0.15, 0.2) is 36.8 Å². The van der Waals surface area contributed by atoms with Crippen LogP contribution >= 0.6 is 0 Å². The van der Waals surface area contributed by atoms with Crippen molar-refractivity contribution < 1.29 is 9.53 Å². The van der Waals surface area contributed by atoms with Gasteiger partial charge in [-0.05, 0) is 86.5 Å². The van der Waals surface area contributed by atoms with Gasteiger partial charge in [-0.25, -0.2) is 15.0 Å². The topological polar surface area (TPSA) is 71.5 Å². The molecule has 0 bridgehead atoms. The minimum atomic E-state index is 0.149. The zero-order valence-corrected chi connectivity index (χ0v) is 21.6. The largest absolute Gasteiger partial charge is 0.477 e. The van der Waals surface area contributed by atoms with Crippen molar-refractivity contribution in [2.75, 3.05) is 37.7 Å². The van der Waals surface area contributed by atoms with E-state index in [9.17, 15) is 4.79 Å². The van der Waals surface area contributed by atoms with Gasteiger partial charge in [-0.2, -0.15) is 0 Å². The Balaban J connectivity index is 1.06. The molecule has 7 heteroatoms. The van der Waals surface area contributed by atoms with E-state index in [2.05, 4.69) is 43.8 Å². The number of hydrogen-bond donors (Lipinski definition) is 0. The highest BCUT2D eigenvalue weighted by atomic mass is 16.5. The molecule has 0 N–H and O–H groups in total. The van der Waals surface area contributed by atoms with Crippen molar-refractivity contribution in [3.63, 3.8) is 0 Å². The number of nitrogens with zero attached hydrogens (tertiary/aromatic N) is 5. The maximum atomic E-state index is 12.8. The van der Waals surface area contributed by atoms with Crippen LogP contribution in [0.25, 0.3) is 5.57 Å². The molecule has 2 fully saturated rings. The molecule has 0 spiro atoms. The number of pyridine rings is 1. The molecule has 1 unspecified atom stereocenters. The summed E-state index contributed by atoms with van der Waals surface area (Å²) in [5, 5.41) is 0. The summed E-state index contributed by atoms with van der Waals surface area (Å²) in [5.41, 5.74) is 3.62. The van der Waals surface area contributed by atoms with Crippen LogP contribution in [0, 0.1) is 11.8 Å². The normalized spacial score (nSPS) is 21.2. The lowest BCUT2D eigenvalue weighted by Crippen LogP contribution is -2.40. The van der Waals surface area contributed by atoms with Gasteiger partial charge in [0.2, 0.25) is 17.7 Å². The van der Waals surface area contributed by atoms with Crippen LogP contribution in [0.2, 0.25) is 0 Å². The first kappa shape index (κ1) is 24.7. The number of carbonyl (C=O) groups is 1. The average molecular weight is 490 g/mol. The first-order valence-corrected chi connectivity index (χ1v) is 13.8. The van der Waals surface area contributed by atoms with Gasteiger partial charge < -0.3 is 14.5 Å². The van der Waals surface area contributed by atoms with E-state index >= 15 is 0 Å². The van der Waals surface area contributed by atoms with Crippen LogP contribution in [0.5, 0.6) is 5.88 Å². The van der Waals surface area contributed by atoms with Crippen molar-refractivity contribution in [2.45, 2.75) is 64.7 Å². The number of aromatic nitrogens is 3. The van der Waals surface area contributed by atoms with Crippen molar-refractivity contribution >= 4 is 17.4 Å². The second-order valence-corrected chi connectivity index (χ2v) is 10.5. The lowest BCUT2D eigenvalue weighted by molar-refractivity contribution is -0.136. The van der Waals surface area contributed by atoms with Crippen molar-refractivity contribution in [3.05, 3.63) is 47.9 Å². The van der Waals surface area contributed by atoms with Gasteiger partial charge in [0.25, 0.3) is 0 Å². The van der Waals surface area contributed by atoms with Gasteiger partial charge >= 0.3 is 0 Å². The maximum absolute atomic E-state index is 12.8. The third-order valence-electron chi connectivity index (χ3n) is 8.00. The minimum Gasteiger partial charge on any atom is -0.477 e. The van der Waals surface area contributed by atoms with Crippen LogP contribution in [-0.2, 0) is 11.2 Å². The quantitative estimate of drug-likeness (QED) is 0.549. The number of likely N-dealkylation sites (tertiary alicyclic amines) is 1. The first-order chi connectivity index (χ1) is 17.7. The van der Waals surface area contributed by atoms with Crippen molar-refractivity contribution in [1.82, 2.24) is 19.9 Å². The van der Waals surface area contributed by atoms with Crippen LogP contribution in [0.3, 0.4) is 0 Å². The molecule has 1 aliphatic carbocycles. The summed E-state index contributed by atoms with van der Waals surface area (Å²) in [5.74, 6) is 2.56. The fourth-order valence-electron chi connectivity index (χ4n) is 5.55. The first-order valence-electron chi connectivity index (χ1n) is 13.8. The molecule has 2 aliphatic heterocycles. The van der Waals surface area contributed by atoms with Crippen LogP contribution in [0.4, 0.5) is 5.95 Å². The molecule has 0 aromatic carbocycles. The molecule has 0 saturated carbocycles. The predicted octanol–water partition coefficient (Wildman–Crippen LogP) is 4.93. The van der Waals surface area contributed by atoms with Gasteiger partial charge in [0, 0.05) is 56.8 Å². The average Bonchev–Trinajstić information content (AvgIpc) is 2.97. The van der Waals surface area contributed by atoms with Gasteiger partial charge in [-0.1, -0.05) is 13.0 Å². The lowest BCUT2D eigenvalue weighted by Gasteiger charge is -2.32. The number of hydrogen-bond acceptors (Lipinski definition) is 6. The molecule has 36 heavy (non-hydrogen) atoms. The third kappa shape index (κ3) is 6.05. The molecule has 2 saturated heterocycles. The Kier molecular flexibility index (Phi) is 8.14. The van der Waals surface area contributed by atoms with Crippen molar-refractivity contribution in [2.24, 2.45) is 11.8 Å². The van der Waals surface area contributed by atoms with Crippen LogP contribution in [0.1, 0.15) is 69.4 Å². The fourth-order valence-corrected chi connectivity index (χ4v) is 5.55. The number of piperidine rings is 2. The standard InChI is InChI=1S/C29H39N5O2/c1-2-22-18-31-29(32-19-22)34-16-12-23(13-17-34)21-36-27-11-10-26(20-30-27)24-6-8-25(9-7-24)28(35)33-14-4-3-5-15-33/h6,10-11,18-20,23,25H,2-5,7-9,12-17,21H2,1H3. The summed E-state index contributed by atoms with van der Waals surface area (Å²) >= 11 is 0. The number of carbonyl (C=O) groups excluding carboxylic acids is 1. The molecule has 1 atom stereocenters. The van der Waals surface area contributed by atoms with Crippen molar-refractivity contribution in [3.8, 4) is 5.88 Å². The Morgan fingerprint density at radius 1 is 0.972 bits per heavy atom. The van der Waals surface area contributed by atoms with Crippen molar-refractivity contribution in [1.29, 1.82) is 0 Å². The molecule has 4 heterocycles. The summed E-state index contributed by atoms with van der Waals surface area (Å²) in [4.78, 5) is 30.8. The molecule has 192 valence electrons. The van der Waals surface area contributed by atoms with E-state index in [1.807, 2.05) is 24.7 Å². The van der Waals surface area contributed by atoms with E-state index in [4.69, 9.17) is 4.74 Å². The SMILES string of the molecule is CCc1cnc(N2CCC(COc3ccc(C4=CCC(C(=O)N5CCCCC5)CC4)cn3)CC2)nc1. The number of aryl methyl sites for hydroxylation is 1. The highest BCUT2D eigenvalue weighted by molar-refractivity contribution is 5.80. The van der Waals surface area contributed by atoms with E-state index in [0.29, 0.717) is 24.3 Å². The summed E-state index contributed by atoms with van der Waals surface area (Å²) < 4.78 is 6.04.